The fourth-order valence-corrected chi connectivity index (χ4v) is 3.02. The molecule has 0 aliphatic heterocycles. The van der Waals surface area contributed by atoms with E-state index < -0.39 is 0 Å². The molecule has 2 amide bonds. The van der Waals surface area contributed by atoms with Crippen molar-refractivity contribution >= 4 is 17.5 Å². The van der Waals surface area contributed by atoms with E-state index in [1.165, 1.54) is 19.3 Å². The number of anilines is 1. The minimum Gasteiger partial charge on any atom is -0.353 e. The van der Waals surface area contributed by atoms with Crippen molar-refractivity contribution in [1.29, 1.82) is 0 Å². The fraction of sp³-hybridized carbons (Fsp3) is 0.556. The zero-order valence-electron chi connectivity index (χ0n) is 13.6. The lowest BCUT2D eigenvalue weighted by Gasteiger charge is -2.24. The first-order valence-electron chi connectivity index (χ1n) is 8.20. The van der Waals surface area contributed by atoms with Crippen LogP contribution in [0.5, 0.6) is 0 Å². The zero-order valence-corrected chi connectivity index (χ0v) is 13.6. The summed E-state index contributed by atoms with van der Waals surface area (Å²) in [6.45, 7) is 3.97. The van der Waals surface area contributed by atoms with Crippen molar-refractivity contribution in [3.63, 3.8) is 0 Å². The quantitative estimate of drug-likeness (QED) is 0.908. The van der Waals surface area contributed by atoms with Gasteiger partial charge in [-0.2, -0.15) is 0 Å². The molecule has 0 saturated heterocycles. The first-order chi connectivity index (χ1) is 10.6. The Bertz CT molecular complexity index is 522. The predicted octanol–water partition coefficient (Wildman–Crippen LogP) is 3.19. The van der Waals surface area contributed by atoms with Gasteiger partial charge in [0.2, 0.25) is 11.8 Å². The summed E-state index contributed by atoms with van der Waals surface area (Å²) in [6, 6.07) is 8.14. The summed E-state index contributed by atoms with van der Waals surface area (Å²) in [4.78, 5) is 25.6. The van der Waals surface area contributed by atoms with Crippen LogP contribution in [0.2, 0.25) is 0 Å². The number of rotatable bonds is 5. The Morgan fingerprint density at radius 1 is 1.23 bits per heavy atom. The van der Waals surface area contributed by atoms with Gasteiger partial charge < -0.3 is 10.2 Å². The van der Waals surface area contributed by atoms with Gasteiger partial charge in [-0.3, -0.25) is 9.59 Å². The number of carbonyl (C=O) groups excluding carboxylic acids is 2. The molecule has 0 bridgehead atoms. The number of nitrogens with zero attached hydrogens (tertiary/aromatic N) is 1. The first-order valence-corrected chi connectivity index (χ1v) is 8.20. The van der Waals surface area contributed by atoms with Gasteiger partial charge in [-0.05, 0) is 37.5 Å². The van der Waals surface area contributed by atoms with E-state index in [4.69, 9.17) is 0 Å². The summed E-state index contributed by atoms with van der Waals surface area (Å²) in [5.41, 5.74) is 1.97. The van der Waals surface area contributed by atoms with Gasteiger partial charge in [0.25, 0.3) is 0 Å². The van der Waals surface area contributed by atoms with E-state index in [0.717, 1.165) is 24.1 Å². The SMILES string of the molecule is CC(=O)N(CCC(=O)NC1CCCCC1)c1cccc(C)c1. The van der Waals surface area contributed by atoms with Crippen LogP contribution in [0.1, 0.15) is 51.0 Å². The van der Waals surface area contributed by atoms with Crippen molar-refractivity contribution in [2.24, 2.45) is 0 Å². The molecule has 1 saturated carbocycles. The molecule has 4 nitrogen and oxygen atoms in total. The summed E-state index contributed by atoms with van der Waals surface area (Å²) in [5, 5.41) is 3.10. The number of hydrogen-bond acceptors (Lipinski definition) is 2. The molecular weight excluding hydrogens is 276 g/mol. The van der Waals surface area contributed by atoms with Crippen LogP contribution in [0.4, 0.5) is 5.69 Å². The third-order valence-electron chi connectivity index (χ3n) is 4.23. The van der Waals surface area contributed by atoms with Crippen LogP contribution in [-0.4, -0.2) is 24.4 Å². The van der Waals surface area contributed by atoms with Gasteiger partial charge in [0.15, 0.2) is 0 Å². The summed E-state index contributed by atoms with van der Waals surface area (Å²) < 4.78 is 0. The maximum absolute atomic E-state index is 12.1. The van der Waals surface area contributed by atoms with Gasteiger partial charge in [-0.1, -0.05) is 31.4 Å². The van der Waals surface area contributed by atoms with Crippen LogP contribution in [-0.2, 0) is 9.59 Å². The molecule has 0 heterocycles. The summed E-state index contributed by atoms with van der Waals surface area (Å²) in [5.74, 6) is 0.0156. The Hall–Kier alpha value is -1.84. The Morgan fingerprint density at radius 2 is 1.95 bits per heavy atom. The lowest BCUT2D eigenvalue weighted by Crippen LogP contribution is -2.39. The summed E-state index contributed by atoms with van der Waals surface area (Å²) in [6.07, 6.45) is 6.20. The molecule has 0 spiro atoms. The Morgan fingerprint density at radius 3 is 2.59 bits per heavy atom. The van der Waals surface area contributed by atoms with Crippen LogP contribution in [0.15, 0.2) is 24.3 Å². The Kier molecular flexibility index (Phi) is 5.99. The monoisotopic (exact) mass is 302 g/mol. The standard InChI is InChI=1S/C18H26N2O2/c1-14-7-6-10-17(13-14)20(15(2)21)12-11-18(22)19-16-8-4-3-5-9-16/h6-7,10,13,16H,3-5,8-9,11-12H2,1-2H3,(H,19,22). The summed E-state index contributed by atoms with van der Waals surface area (Å²) in [7, 11) is 0. The summed E-state index contributed by atoms with van der Waals surface area (Å²) >= 11 is 0. The van der Waals surface area contributed by atoms with Gasteiger partial charge in [-0.25, -0.2) is 0 Å². The predicted molar refractivity (Wildman–Crippen MR) is 88.8 cm³/mol. The molecule has 4 heteroatoms. The van der Waals surface area contributed by atoms with Crippen molar-refractivity contribution < 1.29 is 9.59 Å². The normalized spacial score (nSPS) is 15.4. The fourth-order valence-electron chi connectivity index (χ4n) is 3.02. The Labute approximate surface area is 132 Å². The second kappa shape index (κ2) is 7.97. The van der Waals surface area contributed by atoms with Crippen LogP contribution in [0.3, 0.4) is 0 Å². The van der Waals surface area contributed by atoms with Gasteiger partial charge in [0, 0.05) is 31.6 Å². The molecule has 1 N–H and O–H groups in total. The molecule has 1 aromatic rings. The molecule has 0 atom stereocenters. The first kappa shape index (κ1) is 16.5. The highest BCUT2D eigenvalue weighted by Gasteiger charge is 2.17. The maximum Gasteiger partial charge on any atom is 0.223 e. The minimum absolute atomic E-state index is 0.0314. The number of benzene rings is 1. The second-order valence-electron chi connectivity index (χ2n) is 6.16. The molecule has 22 heavy (non-hydrogen) atoms. The highest BCUT2D eigenvalue weighted by molar-refractivity contribution is 5.92. The molecule has 0 aromatic heterocycles. The smallest absolute Gasteiger partial charge is 0.223 e. The average Bonchev–Trinajstić information content (AvgIpc) is 2.48. The zero-order chi connectivity index (χ0) is 15.9. The number of carbonyl (C=O) groups is 2. The highest BCUT2D eigenvalue weighted by Crippen LogP contribution is 2.18. The average molecular weight is 302 g/mol. The van der Waals surface area contributed by atoms with E-state index in [9.17, 15) is 9.59 Å². The maximum atomic E-state index is 12.1. The van der Waals surface area contributed by atoms with E-state index in [1.54, 1.807) is 11.8 Å². The van der Waals surface area contributed by atoms with E-state index >= 15 is 0 Å². The minimum atomic E-state index is -0.0314. The highest BCUT2D eigenvalue weighted by atomic mass is 16.2. The molecule has 2 rings (SSSR count). The molecule has 0 radical (unpaired) electrons. The molecule has 1 aliphatic carbocycles. The van der Waals surface area contributed by atoms with Gasteiger partial charge in [0.1, 0.15) is 0 Å². The van der Waals surface area contributed by atoms with E-state index in [2.05, 4.69) is 5.32 Å². The third-order valence-corrected chi connectivity index (χ3v) is 4.23. The number of hydrogen-bond donors (Lipinski definition) is 1. The van der Waals surface area contributed by atoms with Crippen LogP contribution >= 0.6 is 0 Å². The van der Waals surface area contributed by atoms with Crippen LogP contribution in [0, 0.1) is 6.92 Å². The van der Waals surface area contributed by atoms with Gasteiger partial charge >= 0.3 is 0 Å². The number of nitrogens with one attached hydrogen (secondary N) is 1. The molecule has 1 aliphatic rings. The van der Waals surface area contributed by atoms with E-state index in [-0.39, 0.29) is 11.8 Å². The van der Waals surface area contributed by atoms with Crippen molar-refractivity contribution in [2.45, 2.75) is 58.4 Å². The molecule has 1 fully saturated rings. The second-order valence-corrected chi connectivity index (χ2v) is 6.16. The third kappa shape index (κ3) is 4.86. The Balaban J connectivity index is 1.88. The van der Waals surface area contributed by atoms with Crippen molar-refractivity contribution in [3.05, 3.63) is 29.8 Å². The number of aryl methyl sites for hydroxylation is 1. The van der Waals surface area contributed by atoms with E-state index in [0.29, 0.717) is 19.0 Å². The topological polar surface area (TPSA) is 49.4 Å². The molecule has 0 unspecified atom stereocenters. The number of amides is 2. The lowest BCUT2D eigenvalue weighted by molar-refractivity contribution is -0.121. The molecular formula is C18H26N2O2. The van der Waals surface area contributed by atoms with E-state index in [1.807, 2.05) is 31.2 Å². The van der Waals surface area contributed by atoms with Crippen molar-refractivity contribution in [2.75, 3.05) is 11.4 Å². The largest absolute Gasteiger partial charge is 0.353 e. The molecule has 120 valence electrons. The van der Waals surface area contributed by atoms with Crippen LogP contribution < -0.4 is 10.2 Å². The lowest BCUT2D eigenvalue weighted by atomic mass is 9.95. The van der Waals surface area contributed by atoms with Crippen molar-refractivity contribution in [3.8, 4) is 0 Å². The molecule has 1 aromatic carbocycles. The van der Waals surface area contributed by atoms with Crippen molar-refractivity contribution in [1.82, 2.24) is 5.32 Å². The van der Waals surface area contributed by atoms with Gasteiger partial charge in [-0.15, -0.1) is 0 Å². The van der Waals surface area contributed by atoms with Gasteiger partial charge in [0.05, 0.1) is 0 Å². The van der Waals surface area contributed by atoms with Crippen LogP contribution in [0.25, 0.3) is 0 Å².